The summed E-state index contributed by atoms with van der Waals surface area (Å²) in [6.07, 6.45) is 2.02. The van der Waals surface area contributed by atoms with E-state index in [9.17, 15) is 18.2 Å². The number of carbonyl (C=O) groups excluding carboxylic acids is 2. The van der Waals surface area contributed by atoms with Crippen LogP contribution in [-0.4, -0.2) is 83.8 Å². The minimum Gasteiger partial charge on any atom is -0.350 e. The van der Waals surface area contributed by atoms with Gasteiger partial charge in [0.05, 0.1) is 9.89 Å². The molecule has 1 fully saturated rings. The minimum atomic E-state index is -2.51. The summed E-state index contributed by atoms with van der Waals surface area (Å²) in [5.41, 5.74) is 1.34. The molecule has 2 amide bonds. The van der Waals surface area contributed by atoms with E-state index in [0.717, 1.165) is 12.0 Å². The molecule has 0 bridgehead atoms. The number of aromatic nitrogens is 4. The Hall–Kier alpha value is -3.42. The van der Waals surface area contributed by atoms with Crippen LogP contribution in [0.15, 0.2) is 30.6 Å². The average Bonchev–Trinajstić information content (AvgIpc) is 3.52. The summed E-state index contributed by atoms with van der Waals surface area (Å²) in [6, 6.07) is 5.95. The van der Waals surface area contributed by atoms with Crippen LogP contribution in [0.5, 0.6) is 0 Å². The number of fused-ring (bicyclic) bond motifs is 1. The highest BCUT2D eigenvalue weighted by Crippen LogP contribution is 2.20. The maximum Gasteiger partial charge on any atom is 0.270 e. The van der Waals surface area contributed by atoms with E-state index >= 15 is 0 Å². The summed E-state index contributed by atoms with van der Waals surface area (Å²) in [6.45, 7) is 3.35. The summed E-state index contributed by atoms with van der Waals surface area (Å²) < 4.78 is 31.0. The van der Waals surface area contributed by atoms with Gasteiger partial charge in [0.25, 0.3) is 17.6 Å². The molecule has 2 N–H and O–H groups in total. The number of amides is 2. The van der Waals surface area contributed by atoms with E-state index in [1.54, 1.807) is 37.5 Å². The van der Waals surface area contributed by atoms with Crippen molar-refractivity contribution in [1.82, 2.24) is 38.8 Å². The van der Waals surface area contributed by atoms with Crippen LogP contribution in [0.25, 0.3) is 5.78 Å². The Balaban J connectivity index is 1.43. The zero-order valence-corrected chi connectivity index (χ0v) is 21.2. The number of hydrogen-bond acceptors (Lipinski definition) is 6. The van der Waals surface area contributed by atoms with Gasteiger partial charge in [-0.3, -0.25) is 9.59 Å². The fourth-order valence-corrected chi connectivity index (χ4v) is 5.26. The lowest BCUT2D eigenvalue weighted by Gasteiger charge is -2.26. The van der Waals surface area contributed by atoms with Gasteiger partial charge in [-0.2, -0.15) is 14.6 Å². The van der Waals surface area contributed by atoms with E-state index in [-0.39, 0.29) is 35.4 Å². The Bertz CT molecular complexity index is 1410. The molecule has 1 aromatic carbocycles. The molecule has 1 aliphatic heterocycles. The second-order valence-corrected chi connectivity index (χ2v) is 11.4. The molecule has 3 aromatic rings. The van der Waals surface area contributed by atoms with Crippen molar-refractivity contribution in [3.05, 3.63) is 58.9 Å². The van der Waals surface area contributed by atoms with Gasteiger partial charge in [-0.1, -0.05) is 12.1 Å². The molecule has 2 atom stereocenters. The van der Waals surface area contributed by atoms with Gasteiger partial charge in [-0.25, -0.2) is 22.2 Å². The third-order valence-electron chi connectivity index (χ3n) is 6.17. The van der Waals surface area contributed by atoms with E-state index in [2.05, 4.69) is 31.6 Å². The van der Waals surface area contributed by atoms with Crippen molar-refractivity contribution in [3.8, 4) is 0 Å². The first-order valence-electron chi connectivity index (χ1n) is 11.4. The van der Waals surface area contributed by atoms with Crippen molar-refractivity contribution in [1.29, 1.82) is 0 Å². The van der Waals surface area contributed by atoms with Gasteiger partial charge in [0, 0.05) is 46.3 Å². The molecule has 2 aromatic heterocycles. The molecule has 1 aliphatic rings. The van der Waals surface area contributed by atoms with Crippen LogP contribution in [-0.2, 0) is 16.4 Å². The highest BCUT2D eigenvalue weighted by atomic mass is 32.2. The summed E-state index contributed by atoms with van der Waals surface area (Å²) in [5, 5.41) is 9.67. The Kier molecular flexibility index (Phi) is 7.33. The predicted molar refractivity (Wildman–Crippen MR) is 134 cm³/mol. The van der Waals surface area contributed by atoms with Crippen molar-refractivity contribution in [2.24, 2.45) is 5.92 Å². The monoisotopic (exact) mass is 516 g/mol. The van der Waals surface area contributed by atoms with E-state index < -0.39 is 21.7 Å². The van der Waals surface area contributed by atoms with E-state index in [4.69, 9.17) is 0 Å². The highest BCUT2D eigenvalue weighted by Gasteiger charge is 2.29. The maximum atomic E-state index is 13.5. The van der Waals surface area contributed by atoms with Crippen molar-refractivity contribution < 1.29 is 18.2 Å². The van der Waals surface area contributed by atoms with Gasteiger partial charge in [-0.05, 0) is 42.3 Å². The Morgan fingerprint density at radius 1 is 1.25 bits per heavy atom. The number of rotatable bonds is 8. The van der Waals surface area contributed by atoms with Crippen molar-refractivity contribution in [2.45, 2.75) is 19.9 Å². The maximum absolute atomic E-state index is 13.5. The zero-order valence-electron chi connectivity index (χ0n) is 20.4. The Morgan fingerprint density at radius 2 is 2.03 bits per heavy atom. The number of benzene rings is 1. The molecule has 1 unspecified atom stereocenters. The van der Waals surface area contributed by atoms with E-state index in [1.165, 1.54) is 23.0 Å². The third-order valence-corrected chi connectivity index (χ3v) is 8.45. The summed E-state index contributed by atoms with van der Waals surface area (Å²) in [4.78, 5) is 34.0. The second kappa shape index (κ2) is 10.3. The molecule has 13 heteroatoms. The predicted octanol–water partition coefficient (Wildman–Crippen LogP) is 0.662. The SMILES string of the molecule is C=S(=O)(N(C)C)N1CC[C@@H](CNC(=O)c2cc(C(=O)NCc3ccc(F)c(C)c3)nc3ncnn23)C1. The first-order valence-corrected chi connectivity index (χ1v) is 13.0. The lowest BCUT2D eigenvalue weighted by Crippen LogP contribution is -2.39. The molecule has 1 saturated heterocycles. The van der Waals surface area contributed by atoms with Gasteiger partial charge in [-0.15, -0.1) is 0 Å². The zero-order chi connectivity index (χ0) is 26.0. The van der Waals surface area contributed by atoms with Crippen LogP contribution in [0, 0.1) is 18.7 Å². The van der Waals surface area contributed by atoms with Crippen LogP contribution >= 0.6 is 0 Å². The minimum absolute atomic E-state index is 0.00861. The molecule has 0 saturated carbocycles. The summed E-state index contributed by atoms with van der Waals surface area (Å²) in [5.74, 6) is 2.80. The average molecular weight is 517 g/mol. The molecule has 11 nitrogen and oxygen atoms in total. The summed E-state index contributed by atoms with van der Waals surface area (Å²) in [7, 11) is 0.949. The second-order valence-electron chi connectivity index (χ2n) is 8.94. The van der Waals surface area contributed by atoms with E-state index in [1.807, 2.05) is 4.31 Å². The van der Waals surface area contributed by atoms with Crippen LogP contribution in [0.3, 0.4) is 0 Å². The van der Waals surface area contributed by atoms with Gasteiger partial charge >= 0.3 is 0 Å². The van der Waals surface area contributed by atoms with Crippen LogP contribution in [0.4, 0.5) is 4.39 Å². The third kappa shape index (κ3) is 5.37. The van der Waals surface area contributed by atoms with Gasteiger partial charge < -0.3 is 10.6 Å². The lowest BCUT2D eigenvalue weighted by atomic mass is 10.1. The molecule has 192 valence electrons. The fourth-order valence-electron chi connectivity index (χ4n) is 3.96. The highest BCUT2D eigenvalue weighted by molar-refractivity contribution is 7.95. The molecule has 0 aliphatic carbocycles. The lowest BCUT2D eigenvalue weighted by molar-refractivity contribution is 0.0940. The van der Waals surface area contributed by atoms with Crippen LogP contribution < -0.4 is 10.6 Å². The Labute approximate surface area is 209 Å². The number of nitrogens with zero attached hydrogens (tertiary/aromatic N) is 6. The molecule has 3 heterocycles. The summed E-state index contributed by atoms with van der Waals surface area (Å²) >= 11 is 0. The molecular formula is C23H29FN8O3S. The normalized spacial score (nSPS) is 17.9. The number of aryl methyl sites for hydroxylation is 1. The quantitative estimate of drug-likeness (QED) is 0.424. The fraction of sp³-hybridized carbons (Fsp3) is 0.391. The number of hydrogen-bond donors (Lipinski definition) is 2. The van der Waals surface area contributed by atoms with Gasteiger partial charge in [0.2, 0.25) is 0 Å². The number of halogens is 1. The molecule has 36 heavy (non-hydrogen) atoms. The van der Waals surface area contributed by atoms with Gasteiger partial charge in [0.1, 0.15) is 23.5 Å². The smallest absolute Gasteiger partial charge is 0.270 e. The van der Waals surface area contributed by atoms with Crippen molar-refractivity contribution in [3.63, 3.8) is 0 Å². The molecular weight excluding hydrogens is 487 g/mol. The first-order chi connectivity index (χ1) is 17.1. The van der Waals surface area contributed by atoms with Gasteiger partial charge in [0.15, 0.2) is 0 Å². The van der Waals surface area contributed by atoms with Crippen molar-refractivity contribution >= 4 is 33.4 Å². The standard InChI is InChI=1S/C23H29FN8O3S/c1-15-9-16(5-6-18(15)24)11-25-21(33)19-10-20(32-23(29-19)27-14-28-32)22(34)26-12-17-7-8-31(13-17)36(4,35)30(2)3/h5-6,9-10,14,17H,4,7-8,11-13H2,1-3H3,(H,25,33)(H,26,34)/t17-,36?/m0/s1. The molecule has 4 rings (SSSR count). The van der Waals surface area contributed by atoms with Crippen LogP contribution in [0.2, 0.25) is 0 Å². The largest absolute Gasteiger partial charge is 0.350 e. The van der Waals surface area contributed by atoms with Crippen molar-refractivity contribution in [2.75, 3.05) is 33.7 Å². The number of carbonyl (C=O) groups is 2. The van der Waals surface area contributed by atoms with Crippen LogP contribution in [0.1, 0.15) is 38.5 Å². The first kappa shape index (κ1) is 25.7. The topological polar surface area (TPSA) is 125 Å². The molecule has 0 radical (unpaired) electrons. The number of nitrogens with one attached hydrogen (secondary N) is 2. The Morgan fingerprint density at radius 3 is 2.75 bits per heavy atom. The molecule has 0 spiro atoms. The van der Waals surface area contributed by atoms with E-state index in [0.29, 0.717) is 25.2 Å².